The molecule has 1 N–H and O–H groups in total. The highest BCUT2D eigenvalue weighted by molar-refractivity contribution is 6.34. The maximum absolute atomic E-state index is 12.6. The van der Waals surface area contributed by atoms with Crippen molar-refractivity contribution in [2.75, 3.05) is 20.7 Å². The third-order valence-corrected chi connectivity index (χ3v) is 4.71. The van der Waals surface area contributed by atoms with E-state index in [9.17, 15) is 9.59 Å². The van der Waals surface area contributed by atoms with Crippen molar-refractivity contribution >= 4 is 29.1 Å². The Morgan fingerprint density at radius 2 is 2.17 bits per heavy atom. The number of rotatable bonds is 7. The highest BCUT2D eigenvalue weighted by Crippen LogP contribution is 2.27. The molecule has 152 valence electrons. The zero-order chi connectivity index (χ0) is 20.8. The minimum atomic E-state index is -0.805. The first-order chi connectivity index (χ1) is 14.0. The summed E-state index contributed by atoms with van der Waals surface area (Å²) >= 11 is 6.23. The Morgan fingerprint density at radius 3 is 2.90 bits per heavy atom. The van der Waals surface area contributed by atoms with Crippen molar-refractivity contribution in [3.05, 3.63) is 58.9 Å². The van der Waals surface area contributed by atoms with Gasteiger partial charge in [-0.1, -0.05) is 22.8 Å². The number of halogens is 1. The lowest BCUT2D eigenvalue weighted by Gasteiger charge is -2.19. The van der Waals surface area contributed by atoms with Gasteiger partial charge in [0.2, 0.25) is 12.0 Å². The van der Waals surface area contributed by atoms with Crippen LogP contribution in [0, 0.1) is 0 Å². The van der Waals surface area contributed by atoms with Gasteiger partial charge in [0.1, 0.15) is 5.75 Å². The van der Waals surface area contributed by atoms with Crippen molar-refractivity contribution in [2.45, 2.75) is 19.1 Å². The first kappa shape index (κ1) is 20.6. The van der Waals surface area contributed by atoms with Crippen molar-refractivity contribution in [3.8, 4) is 5.75 Å². The maximum atomic E-state index is 12.6. The maximum Gasteiger partial charge on any atom is 0.267 e. The van der Waals surface area contributed by atoms with Crippen LogP contribution in [-0.4, -0.2) is 54.2 Å². The van der Waals surface area contributed by atoms with E-state index in [1.165, 1.54) is 4.90 Å². The lowest BCUT2D eigenvalue weighted by molar-refractivity contribution is -0.143. The number of hydrogen-bond acceptors (Lipinski definition) is 6. The molecule has 0 spiro atoms. The summed E-state index contributed by atoms with van der Waals surface area (Å²) in [5.41, 5.74) is 1.94. The Bertz CT molecular complexity index is 920. The number of aromatic nitrogens is 1. The number of hydrogen-bond donors (Lipinski definition) is 1. The summed E-state index contributed by atoms with van der Waals surface area (Å²) in [7, 11) is 3.10. The summed E-state index contributed by atoms with van der Waals surface area (Å²) in [6.07, 6.45) is 1.10. The molecule has 8 nitrogen and oxygen atoms in total. The number of ether oxygens (including phenoxy) is 1. The Morgan fingerprint density at radius 1 is 1.34 bits per heavy atom. The molecule has 1 aliphatic heterocycles. The Labute approximate surface area is 173 Å². The molecule has 2 heterocycles. The third kappa shape index (κ3) is 5.23. The minimum Gasteiger partial charge on any atom is -0.497 e. The van der Waals surface area contributed by atoms with Gasteiger partial charge in [-0.15, -0.1) is 0 Å². The molecular formula is C20H21ClN4O4. The third-order valence-electron chi connectivity index (χ3n) is 4.38. The summed E-state index contributed by atoms with van der Waals surface area (Å²) in [6.45, 7) is 0.198. The molecule has 1 aliphatic rings. The van der Waals surface area contributed by atoms with Crippen LogP contribution < -0.4 is 10.1 Å². The van der Waals surface area contributed by atoms with Gasteiger partial charge in [0.15, 0.2) is 0 Å². The molecule has 3 rings (SSSR count). The molecule has 0 bridgehead atoms. The molecule has 29 heavy (non-hydrogen) atoms. The van der Waals surface area contributed by atoms with Crippen LogP contribution in [0.1, 0.15) is 17.7 Å². The molecule has 1 atom stereocenters. The molecule has 2 amide bonds. The Kier molecular flexibility index (Phi) is 6.66. The molecular weight excluding hydrogens is 396 g/mol. The number of pyridine rings is 1. The molecule has 1 aromatic heterocycles. The Hall–Kier alpha value is -3.13. The van der Waals surface area contributed by atoms with Crippen LogP contribution in [0.4, 0.5) is 0 Å². The molecule has 1 aromatic carbocycles. The SMILES string of the molecule is COc1ccc(Cl)c(C2=NOC(C(=O)N(C)CC(=O)NCc3ccccn3)C2)c1. The zero-order valence-electron chi connectivity index (χ0n) is 16.1. The zero-order valence-corrected chi connectivity index (χ0v) is 16.8. The lowest BCUT2D eigenvalue weighted by Crippen LogP contribution is -2.42. The summed E-state index contributed by atoms with van der Waals surface area (Å²) in [6, 6.07) is 10.6. The van der Waals surface area contributed by atoms with Gasteiger partial charge in [0.25, 0.3) is 5.91 Å². The highest BCUT2D eigenvalue weighted by atomic mass is 35.5. The van der Waals surface area contributed by atoms with Crippen molar-refractivity contribution in [1.82, 2.24) is 15.2 Å². The standard InChI is InChI=1S/C20H21ClN4O4/c1-25(12-19(26)23-11-13-5-3-4-8-22-13)20(27)18-10-17(24-29-18)15-9-14(28-2)6-7-16(15)21/h3-9,18H,10-12H2,1-2H3,(H,23,26). The average Bonchev–Trinajstić information content (AvgIpc) is 3.22. The molecule has 1 unspecified atom stereocenters. The van der Waals surface area contributed by atoms with Crippen LogP contribution in [-0.2, 0) is 21.0 Å². The van der Waals surface area contributed by atoms with Gasteiger partial charge in [-0.05, 0) is 30.3 Å². The van der Waals surface area contributed by atoms with Gasteiger partial charge in [-0.3, -0.25) is 14.6 Å². The normalized spacial score (nSPS) is 15.3. The molecule has 9 heteroatoms. The van der Waals surface area contributed by atoms with Crippen LogP contribution >= 0.6 is 11.6 Å². The number of likely N-dealkylation sites (N-methyl/N-ethyl adjacent to an activating group) is 1. The van der Waals surface area contributed by atoms with E-state index in [-0.39, 0.29) is 24.8 Å². The number of benzene rings is 1. The first-order valence-electron chi connectivity index (χ1n) is 8.96. The van der Waals surface area contributed by atoms with E-state index in [4.69, 9.17) is 21.2 Å². The van der Waals surface area contributed by atoms with Gasteiger partial charge in [0.05, 0.1) is 36.6 Å². The molecule has 0 fully saturated rings. The van der Waals surface area contributed by atoms with E-state index in [0.29, 0.717) is 28.6 Å². The second-order valence-corrected chi connectivity index (χ2v) is 6.88. The van der Waals surface area contributed by atoms with Crippen molar-refractivity contribution in [2.24, 2.45) is 5.16 Å². The predicted octanol–water partition coefficient (Wildman–Crippen LogP) is 2.01. The molecule has 2 aromatic rings. The number of carbonyl (C=O) groups is 2. The fourth-order valence-electron chi connectivity index (χ4n) is 2.81. The van der Waals surface area contributed by atoms with E-state index >= 15 is 0 Å². The van der Waals surface area contributed by atoms with E-state index in [1.807, 2.05) is 12.1 Å². The lowest BCUT2D eigenvalue weighted by atomic mass is 10.0. The fraction of sp³-hybridized carbons (Fsp3) is 0.300. The van der Waals surface area contributed by atoms with Gasteiger partial charge in [-0.25, -0.2) is 0 Å². The van der Waals surface area contributed by atoms with Gasteiger partial charge in [-0.2, -0.15) is 0 Å². The molecule has 0 radical (unpaired) electrons. The van der Waals surface area contributed by atoms with Crippen molar-refractivity contribution < 1.29 is 19.2 Å². The van der Waals surface area contributed by atoms with Crippen LogP contribution in [0.2, 0.25) is 5.02 Å². The highest BCUT2D eigenvalue weighted by Gasteiger charge is 2.32. The van der Waals surface area contributed by atoms with Crippen LogP contribution in [0.3, 0.4) is 0 Å². The second-order valence-electron chi connectivity index (χ2n) is 6.47. The molecule has 0 saturated carbocycles. The summed E-state index contributed by atoms with van der Waals surface area (Å²) in [4.78, 5) is 35.5. The first-order valence-corrected chi connectivity index (χ1v) is 9.34. The quantitative estimate of drug-likeness (QED) is 0.745. The van der Waals surface area contributed by atoms with Crippen LogP contribution in [0.5, 0.6) is 5.75 Å². The van der Waals surface area contributed by atoms with E-state index in [2.05, 4.69) is 15.5 Å². The summed E-state index contributed by atoms with van der Waals surface area (Å²) in [5, 5.41) is 7.23. The second kappa shape index (κ2) is 9.38. The van der Waals surface area contributed by atoms with Gasteiger partial charge in [0, 0.05) is 25.2 Å². The van der Waals surface area contributed by atoms with Crippen molar-refractivity contribution in [3.63, 3.8) is 0 Å². The summed E-state index contributed by atoms with van der Waals surface area (Å²) in [5.74, 6) is 0.000748. The summed E-state index contributed by atoms with van der Waals surface area (Å²) < 4.78 is 5.20. The van der Waals surface area contributed by atoms with Gasteiger partial charge < -0.3 is 19.8 Å². The van der Waals surface area contributed by atoms with E-state index in [1.54, 1.807) is 44.6 Å². The van der Waals surface area contributed by atoms with Crippen LogP contribution in [0.15, 0.2) is 47.8 Å². The topological polar surface area (TPSA) is 93.1 Å². The fourth-order valence-corrected chi connectivity index (χ4v) is 3.03. The average molecular weight is 417 g/mol. The number of amides is 2. The van der Waals surface area contributed by atoms with E-state index in [0.717, 1.165) is 5.69 Å². The number of methoxy groups -OCH3 is 1. The molecule has 0 saturated heterocycles. The number of carbonyl (C=O) groups excluding carboxylic acids is 2. The molecule has 0 aliphatic carbocycles. The number of nitrogens with zero attached hydrogens (tertiary/aromatic N) is 3. The number of nitrogens with one attached hydrogen (secondary N) is 1. The van der Waals surface area contributed by atoms with E-state index < -0.39 is 6.10 Å². The minimum absolute atomic E-state index is 0.0965. The predicted molar refractivity (Wildman–Crippen MR) is 108 cm³/mol. The smallest absolute Gasteiger partial charge is 0.267 e. The van der Waals surface area contributed by atoms with Crippen LogP contribution in [0.25, 0.3) is 0 Å². The van der Waals surface area contributed by atoms with Gasteiger partial charge >= 0.3 is 0 Å². The Balaban J connectivity index is 1.53. The monoisotopic (exact) mass is 416 g/mol. The number of oxime groups is 1. The largest absolute Gasteiger partial charge is 0.497 e. The van der Waals surface area contributed by atoms with Crippen molar-refractivity contribution in [1.29, 1.82) is 0 Å².